The number of aromatic nitrogens is 3. The summed E-state index contributed by atoms with van der Waals surface area (Å²) in [5, 5.41) is 15.9. The minimum absolute atomic E-state index is 0.0158. The molecule has 1 saturated heterocycles. The van der Waals surface area contributed by atoms with Gasteiger partial charge in [-0.05, 0) is 19.3 Å². The van der Waals surface area contributed by atoms with Crippen LogP contribution in [-0.4, -0.2) is 38.7 Å². The van der Waals surface area contributed by atoms with E-state index < -0.39 is 0 Å². The summed E-state index contributed by atoms with van der Waals surface area (Å²) in [6.45, 7) is 0.770. The molecule has 2 N–H and O–H groups in total. The van der Waals surface area contributed by atoms with Crippen molar-refractivity contribution in [2.45, 2.75) is 50.5 Å². The lowest BCUT2D eigenvalue weighted by atomic mass is 9.92. The number of ether oxygens (including phenoxy) is 2. The van der Waals surface area contributed by atoms with Crippen LogP contribution in [0.15, 0.2) is 24.7 Å². The molecule has 1 atom stereocenters. The Kier molecular flexibility index (Phi) is 4.75. The number of rotatable bonds is 4. The third-order valence-corrected chi connectivity index (χ3v) is 6.33. The number of nitrogens with zero attached hydrogens (tertiary/aromatic N) is 2. The number of aliphatic hydroxyl groups excluding tert-OH is 1. The van der Waals surface area contributed by atoms with E-state index in [1.807, 2.05) is 23.3 Å². The first-order chi connectivity index (χ1) is 13.6. The molecular weight excluding hydrogens is 401 g/mol. The van der Waals surface area contributed by atoms with Gasteiger partial charge in [0.15, 0.2) is 0 Å². The molecule has 3 aromatic rings. The highest BCUT2D eigenvalue weighted by Gasteiger charge is 2.30. The van der Waals surface area contributed by atoms with E-state index in [0.717, 1.165) is 47.9 Å². The third-order valence-electron chi connectivity index (χ3n) is 5.54. The molecule has 6 nitrogen and oxygen atoms in total. The Bertz CT molecular complexity index is 1000. The van der Waals surface area contributed by atoms with Crippen molar-refractivity contribution in [1.82, 2.24) is 14.8 Å². The highest BCUT2D eigenvalue weighted by molar-refractivity contribution is 6.45. The molecule has 8 heteroatoms. The highest BCUT2D eigenvalue weighted by atomic mass is 35.5. The maximum Gasteiger partial charge on any atom is 0.150 e. The molecule has 2 aromatic heterocycles. The van der Waals surface area contributed by atoms with E-state index in [4.69, 9.17) is 32.7 Å². The fourth-order valence-corrected chi connectivity index (χ4v) is 4.32. The summed E-state index contributed by atoms with van der Waals surface area (Å²) in [4.78, 5) is 3.23. The van der Waals surface area contributed by atoms with Crippen LogP contribution in [0.3, 0.4) is 0 Å². The average molecular weight is 422 g/mol. The van der Waals surface area contributed by atoms with Gasteiger partial charge in [0.1, 0.15) is 18.1 Å². The molecule has 1 unspecified atom stereocenters. The topological polar surface area (TPSA) is 72.3 Å². The molecule has 1 aliphatic carbocycles. The van der Waals surface area contributed by atoms with Gasteiger partial charge in [-0.3, -0.25) is 0 Å². The number of fused-ring (bicyclic) bond motifs is 1. The Labute approximate surface area is 172 Å². The first kappa shape index (κ1) is 18.3. The minimum atomic E-state index is -0.289. The second kappa shape index (κ2) is 7.26. The lowest BCUT2D eigenvalue weighted by Crippen LogP contribution is -2.37. The Morgan fingerprint density at radius 2 is 2.14 bits per heavy atom. The van der Waals surface area contributed by atoms with Crippen molar-refractivity contribution in [2.24, 2.45) is 0 Å². The van der Waals surface area contributed by atoms with Crippen LogP contribution in [0.25, 0.3) is 22.0 Å². The summed E-state index contributed by atoms with van der Waals surface area (Å²) in [6, 6.07) is 1.75. The summed E-state index contributed by atoms with van der Waals surface area (Å²) in [7, 11) is 0. The molecule has 0 radical (unpaired) electrons. The van der Waals surface area contributed by atoms with Gasteiger partial charge in [-0.1, -0.05) is 23.2 Å². The number of aromatic amines is 1. The number of nitrogens with one attached hydrogen (secondary N) is 1. The van der Waals surface area contributed by atoms with E-state index in [9.17, 15) is 5.11 Å². The predicted molar refractivity (Wildman–Crippen MR) is 108 cm³/mol. The zero-order valence-electron chi connectivity index (χ0n) is 15.2. The molecule has 2 fully saturated rings. The van der Waals surface area contributed by atoms with Crippen molar-refractivity contribution in [2.75, 3.05) is 6.61 Å². The predicted octanol–water partition coefficient (Wildman–Crippen LogP) is 4.94. The highest BCUT2D eigenvalue weighted by Crippen LogP contribution is 2.43. The van der Waals surface area contributed by atoms with Gasteiger partial charge in [0.2, 0.25) is 0 Å². The van der Waals surface area contributed by atoms with E-state index >= 15 is 0 Å². The van der Waals surface area contributed by atoms with Gasteiger partial charge >= 0.3 is 0 Å². The maximum absolute atomic E-state index is 9.57. The smallest absolute Gasteiger partial charge is 0.150 e. The SMILES string of the molecule is O[C@H]1C[C@@H](Oc2cc(Cl)c(Cl)c3[nH]cc(-c4cnn(C5CCCCO5)c4)c23)C1. The standard InChI is InChI=1S/C20H21Cl2N3O3/c21-15-7-16(28-13-5-12(26)6-13)18-14(9-23-20(18)19(15)22)11-8-24-25(10-11)17-3-1-2-4-27-17/h7-10,12-13,17,23,26H,1-6H2/t12-,13+,17?. The molecule has 1 saturated carbocycles. The summed E-state index contributed by atoms with van der Waals surface area (Å²) >= 11 is 12.7. The average Bonchev–Trinajstić information content (AvgIpc) is 3.32. The maximum atomic E-state index is 9.57. The van der Waals surface area contributed by atoms with Crippen LogP contribution >= 0.6 is 23.2 Å². The normalized spacial score (nSPS) is 25.0. The number of H-pyrrole nitrogens is 1. The largest absolute Gasteiger partial charge is 0.489 e. The lowest BCUT2D eigenvalue weighted by molar-refractivity contribution is -0.0394. The summed E-state index contributed by atoms with van der Waals surface area (Å²) in [6.07, 6.45) is 9.87. The van der Waals surface area contributed by atoms with Gasteiger partial charge in [0.25, 0.3) is 0 Å². The number of benzene rings is 1. The van der Waals surface area contributed by atoms with Crippen LogP contribution in [0.2, 0.25) is 10.0 Å². The zero-order chi connectivity index (χ0) is 19.3. The number of halogens is 2. The molecule has 28 heavy (non-hydrogen) atoms. The van der Waals surface area contributed by atoms with Crippen LogP contribution in [-0.2, 0) is 4.74 Å². The minimum Gasteiger partial charge on any atom is -0.489 e. The third kappa shape index (κ3) is 3.18. The fourth-order valence-electron chi connectivity index (χ4n) is 3.92. The molecule has 1 aliphatic heterocycles. The van der Waals surface area contributed by atoms with Crippen molar-refractivity contribution >= 4 is 34.1 Å². The number of hydrogen-bond donors (Lipinski definition) is 2. The van der Waals surface area contributed by atoms with Crippen molar-refractivity contribution in [3.05, 3.63) is 34.7 Å². The monoisotopic (exact) mass is 421 g/mol. The van der Waals surface area contributed by atoms with Crippen LogP contribution in [0, 0.1) is 0 Å². The molecule has 2 aliphatic rings. The molecule has 0 bridgehead atoms. The van der Waals surface area contributed by atoms with Crippen LogP contribution in [0.5, 0.6) is 5.75 Å². The Morgan fingerprint density at radius 1 is 1.29 bits per heavy atom. The van der Waals surface area contributed by atoms with E-state index in [0.29, 0.717) is 28.6 Å². The first-order valence-electron chi connectivity index (χ1n) is 9.60. The molecule has 1 aromatic carbocycles. The summed E-state index contributed by atoms with van der Waals surface area (Å²) in [5.74, 6) is 0.666. The van der Waals surface area contributed by atoms with E-state index in [1.54, 1.807) is 6.07 Å². The Hall–Kier alpha value is -1.73. The lowest BCUT2D eigenvalue weighted by Gasteiger charge is -2.32. The molecule has 5 rings (SSSR count). The van der Waals surface area contributed by atoms with Crippen LogP contribution in [0.4, 0.5) is 0 Å². The van der Waals surface area contributed by atoms with Gasteiger partial charge in [-0.25, -0.2) is 4.68 Å². The van der Waals surface area contributed by atoms with Gasteiger partial charge in [-0.15, -0.1) is 0 Å². The summed E-state index contributed by atoms with van der Waals surface area (Å²) in [5.41, 5.74) is 2.64. The van der Waals surface area contributed by atoms with Crippen LogP contribution in [0.1, 0.15) is 38.3 Å². The van der Waals surface area contributed by atoms with E-state index in [1.165, 1.54) is 0 Å². The number of hydrogen-bond acceptors (Lipinski definition) is 4. The molecule has 3 heterocycles. The first-order valence-corrected chi connectivity index (χ1v) is 10.4. The van der Waals surface area contributed by atoms with Crippen molar-refractivity contribution in [1.29, 1.82) is 0 Å². The summed E-state index contributed by atoms with van der Waals surface area (Å²) < 4.78 is 13.9. The van der Waals surface area contributed by atoms with E-state index in [-0.39, 0.29) is 18.4 Å². The van der Waals surface area contributed by atoms with Gasteiger partial charge < -0.3 is 19.6 Å². The molecule has 0 spiro atoms. The molecular formula is C20H21Cl2N3O3. The van der Waals surface area contributed by atoms with Gasteiger partial charge in [-0.2, -0.15) is 5.10 Å². The van der Waals surface area contributed by atoms with Crippen molar-refractivity contribution in [3.8, 4) is 16.9 Å². The quantitative estimate of drug-likeness (QED) is 0.625. The Morgan fingerprint density at radius 3 is 2.89 bits per heavy atom. The molecule has 0 amide bonds. The van der Waals surface area contributed by atoms with Crippen molar-refractivity contribution < 1.29 is 14.6 Å². The van der Waals surface area contributed by atoms with E-state index in [2.05, 4.69) is 10.1 Å². The second-order valence-corrected chi connectivity index (χ2v) is 8.30. The van der Waals surface area contributed by atoms with Crippen LogP contribution < -0.4 is 4.74 Å². The Balaban J connectivity index is 1.54. The second-order valence-electron chi connectivity index (χ2n) is 7.52. The van der Waals surface area contributed by atoms with Gasteiger partial charge in [0, 0.05) is 49.0 Å². The number of aliphatic hydroxyl groups is 1. The zero-order valence-corrected chi connectivity index (χ0v) is 16.7. The van der Waals surface area contributed by atoms with Crippen molar-refractivity contribution in [3.63, 3.8) is 0 Å². The fraction of sp³-hybridized carbons (Fsp3) is 0.450. The van der Waals surface area contributed by atoms with Gasteiger partial charge in [0.05, 0.1) is 33.2 Å². The molecule has 148 valence electrons.